The third kappa shape index (κ3) is 2.44. The fourth-order valence-corrected chi connectivity index (χ4v) is 4.51. The predicted octanol–water partition coefficient (Wildman–Crippen LogP) is 2.00. The molecule has 0 heterocycles. The van der Waals surface area contributed by atoms with Crippen molar-refractivity contribution in [3.05, 3.63) is 30.3 Å². The molecule has 1 aromatic rings. The molecule has 0 spiro atoms. The SMILES string of the molecule is O=P(O)(O)[C@](Cl)(Br)P(=O)(O)c1ccccc1. The quantitative estimate of drug-likeness (QED) is 0.573. The first-order valence-electron chi connectivity index (χ1n) is 3.92. The Kier molecular flexibility index (Phi) is 4.08. The molecule has 2 atom stereocenters. The van der Waals surface area contributed by atoms with E-state index in [2.05, 4.69) is 15.9 Å². The average Bonchev–Trinajstić information content (AvgIpc) is 2.17. The molecule has 0 aromatic heterocycles. The van der Waals surface area contributed by atoms with Crippen molar-refractivity contribution in [3.8, 4) is 0 Å². The molecule has 0 amide bonds. The van der Waals surface area contributed by atoms with E-state index >= 15 is 0 Å². The maximum atomic E-state index is 12.0. The summed E-state index contributed by atoms with van der Waals surface area (Å²) in [5.41, 5.74) is 0. The molecule has 0 aliphatic rings. The molecule has 0 saturated heterocycles. The van der Waals surface area contributed by atoms with E-state index in [1.165, 1.54) is 24.3 Å². The normalized spacial score (nSPS) is 19.8. The highest BCUT2D eigenvalue weighted by Gasteiger charge is 2.58. The molecule has 0 bridgehead atoms. The summed E-state index contributed by atoms with van der Waals surface area (Å²) < 4.78 is 20.3. The molecule has 1 unspecified atom stereocenters. The van der Waals surface area contributed by atoms with Gasteiger partial charge in [0, 0.05) is 5.30 Å². The van der Waals surface area contributed by atoms with Crippen molar-refractivity contribution >= 4 is 47.8 Å². The highest BCUT2D eigenvalue weighted by atomic mass is 79.9. The van der Waals surface area contributed by atoms with Crippen LogP contribution in [0.25, 0.3) is 0 Å². The molecular weight excluding hydrogens is 341 g/mol. The summed E-state index contributed by atoms with van der Waals surface area (Å²) in [7, 11) is -9.44. The smallest absolute Gasteiger partial charge is 0.339 e. The predicted molar refractivity (Wildman–Crippen MR) is 65.5 cm³/mol. The number of hydrogen-bond acceptors (Lipinski definition) is 2. The minimum atomic E-state index is -4.99. The number of halogens is 2. The molecule has 1 aromatic carbocycles. The lowest BCUT2D eigenvalue weighted by Crippen LogP contribution is -2.21. The molecule has 16 heavy (non-hydrogen) atoms. The maximum Gasteiger partial charge on any atom is 0.367 e. The highest BCUT2D eigenvalue weighted by Crippen LogP contribution is 2.75. The van der Waals surface area contributed by atoms with Crippen molar-refractivity contribution in [1.82, 2.24) is 0 Å². The van der Waals surface area contributed by atoms with Crippen LogP contribution in [0.4, 0.5) is 0 Å². The van der Waals surface area contributed by atoms with Gasteiger partial charge in [-0.25, -0.2) is 0 Å². The molecule has 5 nitrogen and oxygen atoms in total. The lowest BCUT2D eigenvalue weighted by atomic mass is 10.4. The van der Waals surface area contributed by atoms with Gasteiger partial charge in [0.2, 0.25) is 0 Å². The minimum Gasteiger partial charge on any atom is -0.339 e. The second-order valence-electron chi connectivity index (χ2n) is 2.97. The van der Waals surface area contributed by atoms with Crippen molar-refractivity contribution in [3.63, 3.8) is 0 Å². The van der Waals surface area contributed by atoms with Gasteiger partial charge in [0.25, 0.3) is 10.6 Å². The second kappa shape index (κ2) is 4.54. The highest BCUT2D eigenvalue weighted by molar-refractivity contribution is 9.13. The molecule has 3 N–H and O–H groups in total. The first-order chi connectivity index (χ1) is 7.11. The van der Waals surface area contributed by atoms with Crippen LogP contribution in [0.5, 0.6) is 0 Å². The fraction of sp³-hybridized carbons (Fsp3) is 0.143. The van der Waals surface area contributed by atoms with Gasteiger partial charge in [0.1, 0.15) is 0 Å². The summed E-state index contributed by atoms with van der Waals surface area (Å²) in [6.07, 6.45) is 0. The lowest BCUT2D eigenvalue weighted by molar-refractivity contribution is 0.370. The summed E-state index contributed by atoms with van der Waals surface area (Å²) in [6.45, 7) is 0. The Bertz CT molecular complexity index is 471. The monoisotopic (exact) mass is 348 g/mol. The van der Waals surface area contributed by atoms with Gasteiger partial charge in [-0.1, -0.05) is 29.8 Å². The zero-order valence-corrected chi connectivity index (χ0v) is 11.8. The zero-order chi connectivity index (χ0) is 12.6. The summed E-state index contributed by atoms with van der Waals surface area (Å²) in [5, 5.41) is -0.134. The summed E-state index contributed by atoms with van der Waals surface area (Å²) in [5.74, 6) is 0. The van der Waals surface area contributed by atoms with E-state index in [9.17, 15) is 14.0 Å². The largest absolute Gasteiger partial charge is 0.367 e. The van der Waals surface area contributed by atoms with Crippen LogP contribution in [0, 0.1) is 0 Å². The zero-order valence-electron chi connectivity index (χ0n) is 7.70. The van der Waals surface area contributed by atoms with Crippen molar-refractivity contribution in [1.29, 1.82) is 0 Å². The Morgan fingerprint density at radius 3 is 1.94 bits per heavy atom. The van der Waals surface area contributed by atoms with Gasteiger partial charge in [-0.2, -0.15) is 0 Å². The minimum absolute atomic E-state index is 0.134. The van der Waals surface area contributed by atoms with Gasteiger partial charge in [0.05, 0.1) is 0 Å². The van der Waals surface area contributed by atoms with Crippen LogP contribution in [0.1, 0.15) is 0 Å². The van der Waals surface area contributed by atoms with Gasteiger partial charge in [0.15, 0.2) is 0 Å². The van der Waals surface area contributed by atoms with Gasteiger partial charge < -0.3 is 14.7 Å². The summed E-state index contributed by atoms with van der Waals surface area (Å²) >= 11 is 7.93. The van der Waals surface area contributed by atoms with E-state index in [4.69, 9.17) is 21.4 Å². The molecule has 90 valence electrons. The standard InChI is InChI=1S/C7H8BrClO5P2/c8-7(9,16(12,13)14)15(10,11)6-4-2-1-3-5-6/h1-5H,(H,10,11)(H2,12,13,14)/t7-/m0/s1. The molecule has 9 heteroatoms. The number of alkyl halides is 2. The molecule has 0 aliphatic carbocycles. The van der Waals surface area contributed by atoms with Crippen molar-refractivity contribution < 1.29 is 23.8 Å². The molecule has 0 fully saturated rings. The van der Waals surface area contributed by atoms with E-state index in [0.717, 1.165) is 0 Å². The van der Waals surface area contributed by atoms with Crippen LogP contribution in [-0.4, -0.2) is 17.9 Å². The van der Waals surface area contributed by atoms with Crippen molar-refractivity contribution in [2.45, 2.75) is 3.27 Å². The Labute approximate surface area is 105 Å². The van der Waals surface area contributed by atoms with E-state index < -0.39 is 18.2 Å². The Morgan fingerprint density at radius 1 is 1.12 bits per heavy atom. The first-order valence-corrected chi connectivity index (χ1v) is 8.37. The van der Waals surface area contributed by atoms with Gasteiger partial charge >= 0.3 is 7.60 Å². The maximum absolute atomic E-state index is 12.0. The number of rotatable bonds is 3. The summed E-state index contributed by atoms with van der Waals surface area (Å²) in [4.78, 5) is 27.6. The molecule has 0 aliphatic heterocycles. The van der Waals surface area contributed by atoms with Crippen LogP contribution in [0.3, 0.4) is 0 Å². The van der Waals surface area contributed by atoms with Crippen LogP contribution in [0.15, 0.2) is 30.3 Å². The van der Waals surface area contributed by atoms with E-state index in [0.29, 0.717) is 0 Å². The lowest BCUT2D eigenvalue weighted by Gasteiger charge is -2.26. The third-order valence-corrected chi connectivity index (χ3v) is 10.0. The van der Waals surface area contributed by atoms with E-state index in [1.54, 1.807) is 6.07 Å². The third-order valence-electron chi connectivity index (χ3n) is 1.82. The van der Waals surface area contributed by atoms with Crippen molar-refractivity contribution in [2.75, 3.05) is 0 Å². The first kappa shape index (κ1) is 14.4. The van der Waals surface area contributed by atoms with Gasteiger partial charge in [-0.05, 0) is 28.1 Å². The van der Waals surface area contributed by atoms with Gasteiger partial charge in [-0.15, -0.1) is 0 Å². The average molecular weight is 349 g/mol. The van der Waals surface area contributed by atoms with Crippen LogP contribution >= 0.6 is 42.5 Å². The topological polar surface area (TPSA) is 94.8 Å². The molecule has 1 rings (SSSR count). The number of benzene rings is 1. The van der Waals surface area contributed by atoms with Crippen LogP contribution < -0.4 is 5.30 Å². The Balaban J connectivity index is 3.34. The van der Waals surface area contributed by atoms with Crippen LogP contribution in [0.2, 0.25) is 0 Å². The second-order valence-corrected chi connectivity index (χ2v) is 11.4. The Morgan fingerprint density at radius 2 is 1.56 bits per heavy atom. The van der Waals surface area contributed by atoms with E-state index in [1.807, 2.05) is 0 Å². The van der Waals surface area contributed by atoms with Crippen LogP contribution in [-0.2, 0) is 9.13 Å². The molecule has 0 saturated carbocycles. The summed E-state index contributed by atoms with van der Waals surface area (Å²) in [6, 6.07) is 7.09. The fourth-order valence-electron chi connectivity index (χ4n) is 0.962. The van der Waals surface area contributed by atoms with E-state index in [-0.39, 0.29) is 5.30 Å². The number of hydrogen-bond donors (Lipinski definition) is 3. The Hall–Kier alpha value is 0.330. The van der Waals surface area contributed by atoms with Crippen molar-refractivity contribution in [2.24, 2.45) is 0 Å². The van der Waals surface area contributed by atoms with Gasteiger partial charge in [-0.3, -0.25) is 9.13 Å². The molecular formula is C7H8BrClO5P2. The molecule has 0 radical (unpaired) electrons.